The lowest BCUT2D eigenvalue weighted by molar-refractivity contribution is 0.109. The van der Waals surface area contributed by atoms with Crippen molar-refractivity contribution in [1.29, 1.82) is 0 Å². The number of rotatable bonds is 6. The first-order valence-corrected chi connectivity index (χ1v) is 12.3. The summed E-state index contributed by atoms with van der Waals surface area (Å²) in [4.78, 5) is 0. The third-order valence-corrected chi connectivity index (χ3v) is 7.05. The maximum atomic E-state index is 6.49. The Morgan fingerprint density at radius 2 is 1.47 bits per heavy atom. The van der Waals surface area contributed by atoms with Gasteiger partial charge in [-0.2, -0.15) is 0 Å². The van der Waals surface area contributed by atoms with Crippen molar-refractivity contribution in [3.05, 3.63) is 114 Å². The molecule has 0 radical (unpaired) electrons. The minimum absolute atomic E-state index is 0.444. The van der Waals surface area contributed by atoms with Crippen molar-refractivity contribution >= 4 is 21.5 Å². The molecule has 5 aromatic carbocycles. The van der Waals surface area contributed by atoms with Gasteiger partial charge in [-0.1, -0.05) is 86.6 Å². The molecular weight excluding hydrogens is 412 g/mol. The predicted octanol–water partition coefficient (Wildman–Crippen LogP) is 9.49. The first-order valence-electron chi connectivity index (χ1n) is 12.3. The Labute approximate surface area is 203 Å². The van der Waals surface area contributed by atoms with Gasteiger partial charge in [-0.25, -0.2) is 0 Å². The summed E-state index contributed by atoms with van der Waals surface area (Å²) in [5, 5.41) is 5.02. The summed E-state index contributed by atoms with van der Waals surface area (Å²) in [7, 11) is 0. The number of hydrogen-bond donors (Lipinski definition) is 0. The smallest absolute Gasteiger partial charge is 0.128 e. The van der Waals surface area contributed by atoms with Crippen LogP contribution in [0.2, 0.25) is 0 Å². The number of ether oxygens (including phenoxy) is 1. The summed E-state index contributed by atoms with van der Waals surface area (Å²) in [5.74, 6) is 1.47. The van der Waals surface area contributed by atoms with E-state index in [2.05, 4.69) is 131 Å². The fraction of sp³-hybridized carbons (Fsp3) is 0.212. The van der Waals surface area contributed by atoms with Gasteiger partial charge in [0, 0.05) is 0 Å². The average Bonchev–Trinajstić information content (AvgIpc) is 2.87. The van der Waals surface area contributed by atoms with Gasteiger partial charge >= 0.3 is 0 Å². The summed E-state index contributed by atoms with van der Waals surface area (Å²) < 4.78 is 6.49. The highest BCUT2D eigenvalue weighted by molar-refractivity contribution is 6.05. The highest BCUT2D eigenvalue weighted by Gasteiger charge is 2.23. The molecule has 5 rings (SSSR count). The Morgan fingerprint density at radius 3 is 2.21 bits per heavy atom. The molecule has 0 fully saturated rings. The molecule has 0 amide bonds. The van der Waals surface area contributed by atoms with Crippen molar-refractivity contribution in [2.45, 2.75) is 45.6 Å². The molecule has 0 spiro atoms. The minimum atomic E-state index is -0.444. The molecule has 0 aliphatic carbocycles. The molecular formula is C33H32O. The molecule has 1 heteroatoms. The Kier molecular flexibility index (Phi) is 5.87. The molecule has 34 heavy (non-hydrogen) atoms. The van der Waals surface area contributed by atoms with Crippen LogP contribution in [0.15, 0.2) is 103 Å². The van der Waals surface area contributed by atoms with Crippen LogP contribution in [0.1, 0.15) is 51.2 Å². The largest absolute Gasteiger partial charge is 0.483 e. The van der Waals surface area contributed by atoms with Gasteiger partial charge in [0.1, 0.15) is 11.4 Å². The van der Waals surface area contributed by atoms with Crippen LogP contribution in [-0.4, -0.2) is 0 Å². The van der Waals surface area contributed by atoms with E-state index in [1.54, 1.807) is 0 Å². The van der Waals surface area contributed by atoms with Gasteiger partial charge in [-0.05, 0) is 100 Å². The van der Waals surface area contributed by atoms with Crippen LogP contribution in [0.5, 0.6) is 5.75 Å². The van der Waals surface area contributed by atoms with E-state index in [9.17, 15) is 0 Å². The molecule has 5 aromatic rings. The SMILES string of the molecule is CCC(C)c1ccc(OC(C)(C)c2ccc3cc4cccc(-c5ccccc5)c4cc3c2)cc1. The predicted molar refractivity (Wildman–Crippen MR) is 146 cm³/mol. The zero-order valence-corrected chi connectivity index (χ0v) is 20.5. The maximum absolute atomic E-state index is 6.49. The van der Waals surface area contributed by atoms with E-state index in [1.165, 1.54) is 43.8 Å². The van der Waals surface area contributed by atoms with Crippen molar-refractivity contribution in [3.63, 3.8) is 0 Å². The number of hydrogen-bond acceptors (Lipinski definition) is 1. The van der Waals surface area contributed by atoms with Gasteiger partial charge in [-0.15, -0.1) is 0 Å². The van der Waals surface area contributed by atoms with Gasteiger partial charge in [0.15, 0.2) is 0 Å². The summed E-state index contributed by atoms with van der Waals surface area (Å²) in [5.41, 5.74) is 4.59. The van der Waals surface area contributed by atoms with E-state index >= 15 is 0 Å². The second kappa shape index (κ2) is 8.99. The lowest BCUT2D eigenvalue weighted by Crippen LogP contribution is -2.25. The van der Waals surface area contributed by atoms with Gasteiger partial charge < -0.3 is 4.74 Å². The summed E-state index contributed by atoms with van der Waals surface area (Å²) in [6.07, 6.45) is 1.14. The average molecular weight is 445 g/mol. The molecule has 170 valence electrons. The van der Waals surface area contributed by atoms with Crippen molar-refractivity contribution in [3.8, 4) is 16.9 Å². The van der Waals surface area contributed by atoms with E-state index in [0.29, 0.717) is 5.92 Å². The Bertz CT molecular complexity index is 1430. The number of fused-ring (bicyclic) bond motifs is 2. The number of benzene rings is 5. The van der Waals surface area contributed by atoms with Gasteiger partial charge in [0.05, 0.1) is 0 Å². The molecule has 0 aliphatic rings. The molecule has 1 atom stereocenters. The summed E-state index contributed by atoms with van der Waals surface area (Å²) in [6, 6.07) is 37.1. The molecule has 0 aliphatic heterocycles. The molecule has 0 aromatic heterocycles. The van der Waals surface area contributed by atoms with E-state index in [4.69, 9.17) is 4.74 Å². The highest BCUT2D eigenvalue weighted by Crippen LogP contribution is 2.35. The fourth-order valence-corrected chi connectivity index (χ4v) is 4.72. The highest BCUT2D eigenvalue weighted by atomic mass is 16.5. The zero-order valence-electron chi connectivity index (χ0n) is 20.5. The van der Waals surface area contributed by atoms with Crippen molar-refractivity contribution in [2.75, 3.05) is 0 Å². The molecule has 0 bridgehead atoms. The zero-order chi connectivity index (χ0) is 23.7. The first kappa shape index (κ1) is 22.2. The Morgan fingerprint density at radius 1 is 0.706 bits per heavy atom. The van der Waals surface area contributed by atoms with Crippen LogP contribution < -0.4 is 4.74 Å². The first-order chi connectivity index (χ1) is 16.4. The second-order valence-electron chi connectivity index (χ2n) is 9.80. The molecule has 0 N–H and O–H groups in total. The van der Waals surface area contributed by atoms with Crippen LogP contribution in [0.4, 0.5) is 0 Å². The van der Waals surface area contributed by atoms with E-state index in [-0.39, 0.29) is 0 Å². The van der Waals surface area contributed by atoms with Gasteiger partial charge in [0.2, 0.25) is 0 Å². The molecule has 1 nitrogen and oxygen atoms in total. The van der Waals surface area contributed by atoms with Crippen molar-refractivity contribution in [1.82, 2.24) is 0 Å². The van der Waals surface area contributed by atoms with E-state index in [0.717, 1.165) is 12.2 Å². The van der Waals surface area contributed by atoms with Crippen LogP contribution in [0.3, 0.4) is 0 Å². The molecule has 1 unspecified atom stereocenters. The van der Waals surface area contributed by atoms with Crippen molar-refractivity contribution < 1.29 is 4.74 Å². The standard InChI is InChI=1S/C33H32O/c1-5-23(2)24-15-18-30(19-16-24)34-33(3,4)29-17-14-26-20-27-12-9-13-31(25-10-7-6-8-11-25)32(27)22-28(26)21-29/h6-23H,5H2,1-4H3. The van der Waals surface area contributed by atoms with E-state index < -0.39 is 5.60 Å². The Balaban J connectivity index is 1.51. The summed E-state index contributed by atoms with van der Waals surface area (Å²) >= 11 is 0. The quantitative estimate of drug-likeness (QED) is 0.237. The normalized spacial score (nSPS) is 12.7. The third kappa shape index (κ3) is 4.31. The lowest BCUT2D eigenvalue weighted by atomic mass is 9.92. The monoisotopic (exact) mass is 444 g/mol. The second-order valence-corrected chi connectivity index (χ2v) is 9.80. The minimum Gasteiger partial charge on any atom is -0.483 e. The summed E-state index contributed by atoms with van der Waals surface area (Å²) in [6.45, 7) is 8.78. The molecule has 0 saturated carbocycles. The Hall–Kier alpha value is -3.58. The van der Waals surface area contributed by atoms with Crippen LogP contribution in [0.25, 0.3) is 32.7 Å². The van der Waals surface area contributed by atoms with Gasteiger partial charge in [0.25, 0.3) is 0 Å². The van der Waals surface area contributed by atoms with E-state index in [1.807, 2.05) is 0 Å². The molecule has 0 heterocycles. The third-order valence-electron chi connectivity index (χ3n) is 7.05. The lowest BCUT2D eigenvalue weighted by Gasteiger charge is -2.28. The van der Waals surface area contributed by atoms with Crippen LogP contribution in [0, 0.1) is 0 Å². The van der Waals surface area contributed by atoms with Gasteiger partial charge in [-0.3, -0.25) is 0 Å². The topological polar surface area (TPSA) is 9.23 Å². The molecule has 0 saturated heterocycles. The van der Waals surface area contributed by atoms with Crippen molar-refractivity contribution in [2.24, 2.45) is 0 Å². The fourth-order valence-electron chi connectivity index (χ4n) is 4.72. The van der Waals surface area contributed by atoms with Crippen LogP contribution >= 0.6 is 0 Å². The van der Waals surface area contributed by atoms with Crippen LogP contribution in [-0.2, 0) is 5.60 Å². The maximum Gasteiger partial charge on any atom is 0.128 e.